The molecule has 12 heteroatoms. The number of alkyl halides is 6. The van der Waals surface area contributed by atoms with E-state index in [0.29, 0.717) is 13.8 Å². The van der Waals surface area contributed by atoms with Crippen LogP contribution in [-0.2, 0) is 9.59 Å². The molecular formula is C32H44F6N2O2Si2. The largest absolute Gasteiger partial charge is 0.392 e. The average molecular weight is 659 g/mol. The molecule has 0 saturated heterocycles. The molecule has 0 aliphatic heterocycles. The number of amides is 2. The first-order valence-electron chi connectivity index (χ1n) is 14.1. The first kappa shape index (κ1) is 38.9. The van der Waals surface area contributed by atoms with Gasteiger partial charge in [0.2, 0.25) is 11.8 Å². The van der Waals surface area contributed by atoms with E-state index in [1.165, 1.54) is 10.4 Å². The van der Waals surface area contributed by atoms with Crippen LogP contribution in [0.5, 0.6) is 0 Å². The summed E-state index contributed by atoms with van der Waals surface area (Å²) < 4.78 is 70.4. The summed E-state index contributed by atoms with van der Waals surface area (Å²) in [6.45, 7) is 17.9. The van der Waals surface area contributed by atoms with Gasteiger partial charge in [-0.05, 0) is 24.3 Å². The van der Waals surface area contributed by atoms with E-state index in [2.05, 4.69) is 63.6 Å². The van der Waals surface area contributed by atoms with Gasteiger partial charge in [-0.3, -0.25) is 9.59 Å². The van der Waals surface area contributed by atoms with Crippen molar-refractivity contribution in [3.8, 4) is 0 Å². The predicted molar refractivity (Wildman–Crippen MR) is 174 cm³/mol. The Morgan fingerprint density at radius 3 is 1.25 bits per heavy atom. The van der Waals surface area contributed by atoms with Gasteiger partial charge in [-0.15, -0.1) is 13.2 Å². The Kier molecular flexibility index (Phi) is 13.5. The van der Waals surface area contributed by atoms with Crippen LogP contribution in [0.15, 0.2) is 73.1 Å². The molecule has 2 aromatic carbocycles. The van der Waals surface area contributed by atoms with Crippen LogP contribution in [-0.4, -0.2) is 54.4 Å². The minimum absolute atomic E-state index is 0.0732. The summed E-state index contributed by atoms with van der Waals surface area (Å²) in [6.07, 6.45) is -9.23. The smallest absolute Gasteiger partial charge is 0.315 e. The predicted octanol–water partition coefficient (Wildman–Crippen LogP) is 7.76. The van der Waals surface area contributed by atoms with Crippen molar-refractivity contribution in [1.29, 1.82) is 0 Å². The Morgan fingerprint density at radius 2 is 1.00 bits per heavy atom. The second kappa shape index (κ2) is 15.2. The summed E-state index contributed by atoms with van der Waals surface area (Å²) >= 11 is 0. The molecule has 0 saturated carbocycles. The van der Waals surface area contributed by atoms with Crippen molar-refractivity contribution >= 4 is 49.7 Å². The monoisotopic (exact) mass is 658 g/mol. The molecule has 0 radical (unpaired) electrons. The number of carbonyl (C=O) groups excluding carboxylic acids is 2. The standard InChI is InChI=1S/C26H36N2O2Si2.C6H8F6/c1-9-31(5,6)23-15-11-13-21(19-23)27(3)25(29)17-18-26(30)28(4)22-14-12-16-24(20-22)32(7,8)10-2;1-3(5(7,8)9)4(2)6(10,11)12/h9-16,19-20H,1-2,17-18H2,3-8H3;3-4H,1-2H3. The highest BCUT2D eigenvalue weighted by molar-refractivity contribution is 6.94. The lowest BCUT2D eigenvalue weighted by Gasteiger charge is -2.24. The van der Waals surface area contributed by atoms with E-state index in [0.717, 1.165) is 11.4 Å². The molecule has 2 unspecified atom stereocenters. The van der Waals surface area contributed by atoms with E-state index in [1.807, 2.05) is 35.7 Å². The van der Waals surface area contributed by atoms with Crippen molar-refractivity contribution in [3.05, 3.63) is 73.1 Å². The Balaban J connectivity index is 0.000000681. The summed E-state index contributed by atoms with van der Waals surface area (Å²) in [6, 6.07) is 16.1. The van der Waals surface area contributed by atoms with Gasteiger partial charge in [0.1, 0.15) is 16.1 Å². The second-order valence-corrected chi connectivity index (χ2v) is 20.9. The number of hydrogen-bond donors (Lipinski definition) is 0. The van der Waals surface area contributed by atoms with Crippen molar-refractivity contribution in [3.63, 3.8) is 0 Å². The van der Waals surface area contributed by atoms with Crippen LogP contribution in [0.1, 0.15) is 26.7 Å². The number of benzene rings is 2. The third-order valence-electron chi connectivity index (χ3n) is 8.06. The van der Waals surface area contributed by atoms with E-state index in [4.69, 9.17) is 0 Å². The highest BCUT2D eigenvalue weighted by Gasteiger charge is 2.50. The Hall–Kier alpha value is -3.13. The zero-order chi connectivity index (χ0) is 34.3. The van der Waals surface area contributed by atoms with E-state index in [1.54, 1.807) is 23.9 Å². The molecule has 2 rings (SSSR count). The van der Waals surface area contributed by atoms with Gasteiger partial charge in [0, 0.05) is 38.3 Å². The molecular weight excluding hydrogens is 615 g/mol. The molecule has 4 nitrogen and oxygen atoms in total. The maximum Gasteiger partial charge on any atom is 0.392 e. The molecule has 2 amide bonds. The van der Waals surface area contributed by atoms with Crippen LogP contribution < -0.4 is 20.2 Å². The van der Waals surface area contributed by atoms with Crippen molar-refractivity contribution in [2.24, 2.45) is 11.8 Å². The maximum atomic E-state index is 12.8. The van der Waals surface area contributed by atoms with Crippen molar-refractivity contribution in [1.82, 2.24) is 0 Å². The number of halogens is 6. The van der Waals surface area contributed by atoms with Gasteiger partial charge in [0.25, 0.3) is 0 Å². The summed E-state index contributed by atoms with van der Waals surface area (Å²) in [5, 5.41) is 2.46. The zero-order valence-corrected chi connectivity index (χ0v) is 28.7. The van der Waals surface area contributed by atoms with Gasteiger partial charge in [-0.25, -0.2) is 0 Å². The Bertz CT molecular complexity index is 1210. The lowest BCUT2D eigenvalue weighted by Crippen LogP contribution is -2.40. The molecule has 0 N–H and O–H groups in total. The van der Waals surface area contributed by atoms with Crippen LogP contribution in [0.3, 0.4) is 0 Å². The topological polar surface area (TPSA) is 40.6 Å². The summed E-state index contributed by atoms with van der Waals surface area (Å²) in [7, 11) is 0.108. The first-order valence-corrected chi connectivity index (χ1v) is 20.3. The molecule has 0 aromatic heterocycles. The fourth-order valence-electron chi connectivity index (χ4n) is 3.87. The molecule has 0 heterocycles. The van der Waals surface area contributed by atoms with Gasteiger partial charge in [0.15, 0.2) is 0 Å². The lowest BCUT2D eigenvalue weighted by molar-refractivity contribution is -0.245. The molecule has 0 fully saturated rings. The highest BCUT2D eigenvalue weighted by atomic mass is 28.3. The minimum atomic E-state index is -4.78. The quantitative estimate of drug-likeness (QED) is 0.194. The van der Waals surface area contributed by atoms with Crippen LogP contribution in [0, 0.1) is 11.8 Å². The van der Waals surface area contributed by atoms with Crippen LogP contribution in [0.25, 0.3) is 0 Å². The van der Waals surface area contributed by atoms with Crippen molar-refractivity contribution in [2.75, 3.05) is 23.9 Å². The summed E-state index contributed by atoms with van der Waals surface area (Å²) in [5.74, 6) is -4.85. The van der Waals surface area contributed by atoms with Crippen molar-refractivity contribution in [2.45, 2.75) is 65.2 Å². The molecule has 0 aliphatic rings. The first-order chi connectivity index (χ1) is 20.0. The fraction of sp³-hybridized carbons (Fsp3) is 0.438. The zero-order valence-electron chi connectivity index (χ0n) is 26.7. The van der Waals surface area contributed by atoms with Crippen LogP contribution >= 0.6 is 0 Å². The number of hydrogen-bond acceptors (Lipinski definition) is 2. The number of carbonyl (C=O) groups is 2. The summed E-state index contributed by atoms with van der Waals surface area (Å²) in [5.41, 5.74) is 5.77. The number of rotatable bonds is 10. The van der Waals surface area contributed by atoms with Gasteiger partial charge >= 0.3 is 12.4 Å². The van der Waals surface area contributed by atoms with Gasteiger partial charge < -0.3 is 9.80 Å². The Morgan fingerprint density at radius 1 is 0.705 bits per heavy atom. The van der Waals surface area contributed by atoms with Crippen LogP contribution in [0.4, 0.5) is 37.7 Å². The molecule has 44 heavy (non-hydrogen) atoms. The average Bonchev–Trinajstić information content (AvgIpc) is 2.97. The minimum Gasteiger partial charge on any atom is -0.315 e. The van der Waals surface area contributed by atoms with E-state index in [-0.39, 0.29) is 24.7 Å². The van der Waals surface area contributed by atoms with Gasteiger partial charge in [-0.1, -0.05) is 86.1 Å². The molecule has 0 spiro atoms. The number of anilines is 2. The molecule has 2 aromatic rings. The fourth-order valence-corrected chi connectivity index (χ4v) is 6.43. The SMILES string of the molecule is C=C[Si](C)(C)c1cccc(N(C)C(=O)CCC(=O)N(C)c2cccc([Si](C)(C)C=C)c2)c1.CC(C(C)C(F)(F)F)C(F)(F)F. The summed E-state index contributed by atoms with van der Waals surface area (Å²) in [4.78, 5) is 28.9. The number of nitrogens with zero attached hydrogens (tertiary/aromatic N) is 2. The van der Waals surface area contributed by atoms with E-state index < -0.39 is 40.3 Å². The lowest BCUT2D eigenvalue weighted by atomic mass is 9.95. The van der Waals surface area contributed by atoms with E-state index in [9.17, 15) is 35.9 Å². The highest BCUT2D eigenvalue weighted by Crippen LogP contribution is 2.39. The van der Waals surface area contributed by atoms with Gasteiger partial charge in [-0.2, -0.15) is 26.3 Å². The maximum absolute atomic E-state index is 12.8. The van der Waals surface area contributed by atoms with Crippen molar-refractivity contribution < 1.29 is 35.9 Å². The van der Waals surface area contributed by atoms with E-state index >= 15 is 0 Å². The third kappa shape index (κ3) is 10.8. The molecule has 0 bridgehead atoms. The molecule has 244 valence electrons. The molecule has 0 aliphatic carbocycles. The van der Waals surface area contributed by atoms with Gasteiger partial charge in [0.05, 0.1) is 11.8 Å². The normalized spacial score (nSPS) is 13.6. The van der Waals surface area contributed by atoms with Crippen LogP contribution in [0.2, 0.25) is 26.2 Å². The second-order valence-electron chi connectivity index (χ2n) is 12.0. The Labute approximate surface area is 259 Å². The molecule has 2 atom stereocenters. The third-order valence-corrected chi connectivity index (χ3v) is 13.7.